The van der Waals surface area contributed by atoms with Crippen LogP contribution in [0.2, 0.25) is 0 Å². The molecule has 0 radical (unpaired) electrons. The molecule has 0 saturated heterocycles. The van der Waals surface area contributed by atoms with Gasteiger partial charge in [-0.15, -0.1) is 0 Å². The van der Waals surface area contributed by atoms with Crippen LogP contribution in [0, 0.1) is 10.1 Å². The Morgan fingerprint density at radius 1 is 0.793 bits per heavy atom. The molecule has 0 aliphatic heterocycles. The van der Waals surface area contributed by atoms with E-state index in [0.717, 1.165) is 10.8 Å². The first-order valence-electron chi connectivity index (χ1n) is 8.92. The van der Waals surface area contributed by atoms with Crippen molar-refractivity contribution in [2.24, 2.45) is 0 Å². The molecule has 4 rings (SSSR count). The summed E-state index contributed by atoms with van der Waals surface area (Å²) < 4.78 is 5.88. The Morgan fingerprint density at radius 3 is 2.21 bits per heavy atom. The molecule has 0 saturated carbocycles. The minimum atomic E-state index is -0.574. The zero-order chi connectivity index (χ0) is 20.2. The van der Waals surface area contributed by atoms with Crippen LogP contribution < -0.4 is 10.1 Å². The maximum absolute atomic E-state index is 12.4. The minimum Gasteiger partial charge on any atom is -0.457 e. The van der Waals surface area contributed by atoms with Crippen molar-refractivity contribution < 1.29 is 14.5 Å². The molecule has 1 N–H and O–H groups in total. The highest BCUT2D eigenvalue weighted by Crippen LogP contribution is 2.27. The topological polar surface area (TPSA) is 81.5 Å². The summed E-state index contributed by atoms with van der Waals surface area (Å²) in [6, 6.07) is 26.5. The van der Waals surface area contributed by atoms with Crippen molar-refractivity contribution in [2.75, 3.05) is 5.32 Å². The summed E-state index contributed by atoms with van der Waals surface area (Å²) in [5.74, 6) is 0.782. The third kappa shape index (κ3) is 4.06. The fraction of sp³-hybridized carbons (Fsp3) is 0. The van der Waals surface area contributed by atoms with Gasteiger partial charge in [0.05, 0.1) is 4.92 Å². The molecular weight excluding hydrogens is 368 g/mol. The van der Waals surface area contributed by atoms with Crippen LogP contribution in [0.5, 0.6) is 11.5 Å². The average Bonchev–Trinajstić information content (AvgIpc) is 2.75. The lowest BCUT2D eigenvalue weighted by atomic mass is 10.1. The van der Waals surface area contributed by atoms with Crippen LogP contribution in [0.4, 0.5) is 11.4 Å². The highest BCUT2D eigenvalue weighted by atomic mass is 16.6. The molecule has 0 bridgehead atoms. The van der Waals surface area contributed by atoms with Crippen molar-refractivity contribution in [3.05, 3.63) is 107 Å². The molecular formula is C23H16N2O4. The predicted molar refractivity (Wildman–Crippen MR) is 112 cm³/mol. The Hall–Kier alpha value is -4.19. The molecule has 0 fully saturated rings. The van der Waals surface area contributed by atoms with E-state index < -0.39 is 10.8 Å². The van der Waals surface area contributed by atoms with Crippen LogP contribution in [0.25, 0.3) is 10.8 Å². The van der Waals surface area contributed by atoms with E-state index >= 15 is 0 Å². The monoisotopic (exact) mass is 384 g/mol. The summed E-state index contributed by atoms with van der Waals surface area (Å²) in [7, 11) is 0. The van der Waals surface area contributed by atoms with Crippen LogP contribution in [-0.4, -0.2) is 10.8 Å². The number of benzene rings is 4. The van der Waals surface area contributed by atoms with Gasteiger partial charge < -0.3 is 10.1 Å². The number of hydrogen-bond donors (Lipinski definition) is 1. The number of para-hydroxylation sites is 1. The van der Waals surface area contributed by atoms with E-state index in [2.05, 4.69) is 5.32 Å². The van der Waals surface area contributed by atoms with Crippen molar-refractivity contribution in [1.29, 1.82) is 0 Å². The normalized spacial score (nSPS) is 10.5. The molecule has 0 atom stereocenters. The number of hydrogen-bond acceptors (Lipinski definition) is 4. The molecule has 0 aliphatic carbocycles. The van der Waals surface area contributed by atoms with Crippen molar-refractivity contribution in [3.63, 3.8) is 0 Å². The summed E-state index contributed by atoms with van der Waals surface area (Å²) in [5.41, 5.74) is 0.286. The number of nitro benzene ring substituents is 1. The van der Waals surface area contributed by atoms with Crippen molar-refractivity contribution in [3.8, 4) is 11.5 Å². The van der Waals surface area contributed by atoms with E-state index in [-0.39, 0.29) is 11.3 Å². The van der Waals surface area contributed by atoms with Gasteiger partial charge in [0.15, 0.2) is 0 Å². The molecule has 0 spiro atoms. The van der Waals surface area contributed by atoms with Crippen LogP contribution in [0.15, 0.2) is 91.0 Å². The first-order valence-corrected chi connectivity index (χ1v) is 8.92. The SMILES string of the molecule is O=C(Nc1ccc(Oc2ccc3ccccc3c2)cc1)c1ccccc1[N+](=O)[O-]. The summed E-state index contributed by atoms with van der Waals surface area (Å²) in [6.45, 7) is 0. The third-order valence-electron chi connectivity index (χ3n) is 4.41. The smallest absolute Gasteiger partial charge is 0.282 e. The van der Waals surface area contributed by atoms with Gasteiger partial charge >= 0.3 is 0 Å². The molecule has 29 heavy (non-hydrogen) atoms. The number of fused-ring (bicyclic) bond motifs is 1. The molecule has 142 valence electrons. The Kier molecular flexibility index (Phi) is 4.90. The number of anilines is 1. The second-order valence-electron chi connectivity index (χ2n) is 6.36. The van der Waals surface area contributed by atoms with Crippen LogP contribution in [0.3, 0.4) is 0 Å². The van der Waals surface area contributed by atoms with E-state index in [1.807, 2.05) is 42.5 Å². The molecule has 4 aromatic rings. The number of carbonyl (C=O) groups is 1. The first-order chi connectivity index (χ1) is 14.1. The summed E-state index contributed by atoms with van der Waals surface area (Å²) >= 11 is 0. The van der Waals surface area contributed by atoms with Gasteiger partial charge in [0.1, 0.15) is 17.1 Å². The van der Waals surface area contributed by atoms with E-state index in [1.54, 1.807) is 30.3 Å². The average molecular weight is 384 g/mol. The third-order valence-corrected chi connectivity index (χ3v) is 4.41. The summed E-state index contributed by atoms with van der Waals surface area (Å²) in [4.78, 5) is 22.9. The Balaban J connectivity index is 1.47. The van der Waals surface area contributed by atoms with Crippen molar-refractivity contribution >= 4 is 28.1 Å². The zero-order valence-electron chi connectivity index (χ0n) is 15.2. The quantitative estimate of drug-likeness (QED) is 0.349. The number of amides is 1. The van der Waals surface area contributed by atoms with Gasteiger partial charge in [0.25, 0.3) is 11.6 Å². The van der Waals surface area contributed by atoms with Gasteiger partial charge in [-0.1, -0.05) is 42.5 Å². The Labute approximate surface area is 166 Å². The van der Waals surface area contributed by atoms with Gasteiger partial charge in [-0.25, -0.2) is 0 Å². The Morgan fingerprint density at radius 2 is 1.45 bits per heavy atom. The summed E-state index contributed by atoms with van der Waals surface area (Å²) in [5, 5.41) is 16.0. The molecule has 6 nitrogen and oxygen atoms in total. The maximum atomic E-state index is 12.4. The number of nitrogens with zero attached hydrogens (tertiary/aromatic N) is 1. The van der Waals surface area contributed by atoms with E-state index in [0.29, 0.717) is 17.2 Å². The second kappa shape index (κ2) is 7.82. The predicted octanol–water partition coefficient (Wildman–Crippen LogP) is 5.79. The Bertz CT molecular complexity index is 1200. The van der Waals surface area contributed by atoms with Gasteiger partial charge in [0.2, 0.25) is 0 Å². The molecule has 0 aromatic heterocycles. The summed E-state index contributed by atoms with van der Waals surface area (Å²) in [6.07, 6.45) is 0. The second-order valence-corrected chi connectivity index (χ2v) is 6.36. The largest absolute Gasteiger partial charge is 0.457 e. The molecule has 0 heterocycles. The zero-order valence-corrected chi connectivity index (χ0v) is 15.2. The first kappa shape index (κ1) is 18.2. The fourth-order valence-electron chi connectivity index (χ4n) is 3.00. The van der Waals surface area contributed by atoms with Gasteiger partial charge in [-0.2, -0.15) is 0 Å². The van der Waals surface area contributed by atoms with Crippen molar-refractivity contribution in [2.45, 2.75) is 0 Å². The molecule has 0 unspecified atom stereocenters. The minimum absolute atomic E-state index is 0.00832. The standard InChI is InChI=1S/C23H16N2O4/c26-23(21-7-3-4-8-22(21)25(27)28)24-18-10-13-19(14-11-18)29-20-12-9-16-5-1-2-6-17(16)15-20/h1-15H,(H,24,26). The molecule has 6 heteroatoms. The molecule has 4 aromatic carbocycles. The van der Waals surface area contributed by atoms with Crippen LogP contribution in [0.1, 0.15) is 10.4 Å². The number of nitro groups is 1. The van der Waals surface area contributed by atoms with Gasteiger partial charge in [-0.05, 0) is 53.2 Å². The van der Waals surface area contributed by atoms with E-state index in [9.17, 15) is 14.9 Å². The van der Waals surface area contributed by atoms with Crippen molar-refractivity contribution in [1.82, 2.24) is 0 Å². The number of carbonyl (C=O) groups excluding carboxylic acids is 1. The fourth-order valence-corrected chi connectivity index (χ4v) is 3.00. The van der Waals surface area contributed by atoms with Gasteiger partial charge in [-0.3, -0.25) is 14.9 Å². The molecule has 1 amide bonds. The number of rotatable bonds is 5. The van der Waals surface area contributed by atoms with E-state index in [1.165, 1.54) is 18.2 Å². The van der Waals surface area contributed by atoms with Gasteiger partial charge in [0, 0.05) is 11.8 Å². The van der Waals surface area contributed by atoms with Crippen LogP contribution in [-0.2, 0) is 0 Å². The van der Waals surface area contributed by atoms with E-state index in [4.69, 9.17) is 4.74 Å². The number of nitrogens with one attached hydrogen (secondary N) is 1. The highest BCUT2D eigenvalue weighted by Gasteiger charge is 2.19. The number of ether oxygens (including phenoxy) is 1. The highest BCUT2D eigenvalue weighted by molar-refractivity contribution is 6.07. The lowest BCUT2D eigenvalue weighted by molar-refractivity contribution is -0.385. The maximum Gasteiger partial charge on any atom is 0.282 e. The molecule has 0 aliphatic rings. The van der Waals surface area contributed by atoms with Crippen LogP contribution >= 0.6 is 0 Å². The lowest BCUT2D eigenvalue weighted by Gasteiger charge is -2.09. The lowest BCUT2D eigenvalue weighted by Crippen LogP contribution is -2.13.